The highest BCUT2D eigenvalue weighted by Gasteiger charge is 2.09. The molecule has 0 saturated carbocycles. The third kappa shape index (κ3) is 5.01. The van der Waals surface area contributed by atoms with Crippen LogP contribution in [0.25, 0.3) is 0 Å². The van der Waals surface area contributed by atoms with Crippen LogP contribution in [0.2, 0.25) is 0 Å². The van der Waals surface area contributed by atoms with Gasteiger partial charge in [0.2, 0.25) is 5.95 Å². The van der Waals surface area contributed by atoms with Crippen LogP contribution in [0.1, 0.15) is 6.42 Å². The molecule has 17 heavy (non-hydrogen) atoms. The zero-order chi connectivity index (χ0) is 12.7. The summed E-state index contributed by atoms with van der Waals surface area (Å²) in [7, 11) is 1.61. The number of hydrogen-bond acceptors (Lipinski definition) is 5. The molecular formula is C10H15FN4OS. The topological polar surface area (TPSA) is 64.3 Å². The molecule has 5 nitrogen and oxygen atoms in total. The summed E-state index contributed by atoms with van der Waals surface area (Å²) in [5.74, 6) is -0.0190. The Hall–Kier alpha value is -1.34. The van der Waals surface area contributed by atoms with Gasteiger partial charge in [-0.25, -0.2) is 14.4 Å². The third-order valence-corrected chi connectivity index (χ3v) is 2.29. The fraction of sp³-hybridized carbons (Fsp3) is 0.500. The van der Waals surface area contributed by atoms with E-state index in [0.717, 1.165) is 12.4 Å². The molecule has 0 unspecified atom stereocenters. The van der Waals surface area contributed by atoms with Crippen molar-refractivity contribution in [1.82, 2.24) is 9.97 Å². The van der Waals surface area contributed by atoms with Gasteiger partial charge in [0.05, 0.1) is 24.0 Å². The van der Waals surface area contributed by atoms with E-state index in [0.29, 0.717) is 37.1 Å². The Morgan fingerprint density at radius 1 is 1.47 bits per heavy atom. The van der Waals surface area contributed by atoms with Gasteiger partial charge in [0.1, 0.15) is 0 Å². The second-order valence-electron chi connectivity index (χ2n) is 3.40. The van der Waals surface area contributed by atoms with Gasteiger partial charge in [0, 0.05) is 26.6 Å². The maximum atomic E-state index is 12.7. The van der Waals surface area contributed by atoms with Crippen LogP contribution in [0.15, 0.2) is 12.4 Å². The largest absolute Gasteiger partial charge is 0.393 e. The van der Waals surface area contributed by atoms with Crippen molar-refractivity contribution in [3.8, 4) is 0 Å². The average molecular weight is 258 g/mol. The zero-order valence-electron chi connectivity index (χ0n) is 9.60. The Balaban J connectivity index is 2.67. The van der Waals surface area contributed by atoms with Crippen LogP contribution in [-0.2, 0) is 4.74 Å². The fourth-order valence-electron chi connectivity index (χ4n) is 1.23. The number of thiocarbonyl (C=S) groups is 1. The van der Waals surface area contributed by atoms with E-state index in [4.69, 9.17) is 22.7 Å². The van der Waals surface area contributed by atoms with E-state index in [1.165, 1.54) is 0 Å². The van der Waals surface area contributed by atoms with Crippen molar-refractivity contribution in [3.63, 3.8) is 0 Å². The van der Waals surface area contributed by atoms with Crippen LogP contribution in [0.5, 0.6) is 0 Å². The maximum Gasteiger partial charge on any atom is 0.225 e. The Kier molecular flexibility index (Phi) is 5.71. The zero-order valence-corrected chi connectivity index (χ0v) is 10.4. The highest BCUT2D eigenvalue weighted by Crippen LogP contribution is 2.07. The number of aromatic nitrogens is 2. The number of nitrogens with two attached hydrogens (primary N) is 1. The summed E-state index contributed by atoms with van der Waals surface area (Å²) in [5, 5.41) is 0. The molecule has 0 spiro atoms. The normalized spacial score (nSPS) is 10.2. The van der Waals surface area contributed by atoms with Gasteiger partial charge in [-0.3, -0.25) is 0 Å². The van der Waals surface area contributed by atoms with Crippen molar-refractivity contribution in [2.75, 3.05) is 31.7 Å². The molecule has 1 aromatic heterocycles. The Morgan fingerprint density at radius 2 is 2.12 bits per heavy atom. The lowest BCUT2D eigenvalue weighted by Gasteiger charge is -2.21. The lowest BCUT2D eigenvalue weighted by atomic mass is 10.4. The molecule has 1 rings (SSSR count). The first-order valence-electron chi connectivity index (χ1n) is 5.13. The quantitative estimate of drug-likeness (QED) is 0.728. The number of methoxy groups -OCH3 is 1. The molecule has 94 valence electrons. The molecule has 0 amide bonds. The number of halogens is 1. The van der Waals surface area contributed by atoms with Gasteiger partial charge in [-0.1, -0.05) is 12.2 Å². The summed E-state index contributed by atoms with van der Waals surface area (Å²) in [6, 6.07) is 0. The number of hydrogen-bond donors (Lipinski definition) is 1. The van der Waals surface area contributed by atoms with E-state index in [1.54, 1.807) is 7.11 Å². The molecule has 0 radical (unpaired) electrons. The van der Waals surface area contributed by atoms with Crippen molar-refractivity contribution >= 4 is 23.2 Å². The van der Waals surface area contributed by atoms with E-state index >= 15 is 0 Å². The predicted molar refractivity (Wildman–Crippen MR) is 67.5 cm³/mol. The van der Waals surface area contributed by atoms with E-state index in [1.807, 2.05) is 4.90 Å². The van der Waals surface area contributed by atoms with Gasteiger partial charge in [0.25, 0.3) is 0 Å². The first kappa shape index (κ1) is 13.7. The standard InChI is InChI=1S/C10H15FN4OS/c1-16-5-4-15(3-2-9(12)17)10-13-6-8(11)7-14-10/h6-7H,2-5H2,1H3,(H2,12,17). The lowest BCUT2D eigenvalue weighted by molar-refractivity contribution is 0.205. The number of rotatable bonds is 7. The Bertz CT molecular complexity index is 360. The van der Waals surface area contributed by atoms with E-state index in [2.05, 4.69) is 9.97 Å². The molecule has 0 aliphatic heterocycles. The molecule has 0 aromatic carbocycles. The van der Waals surface area contributed by atoms with Crippen LogP contribution in [0.4, 0.5) is 10.3 Å². The van der Waals surface area contributed by atoms with Gasteiger partial charge in [0.15, 0.2) is 5.82 Å². The van der Waals surface area contributed by atoms with Crippen LogP contribution < -0.4 is 10.6 Å². The highest BCUT2D eigenvalue weighted by atomic mass is 32.1. The summed E-state index contributed by atoms with van der Waals surface area (Å²) >= 11 is 4.82. The van der Waals surface area contributed by atoms with Crippen LogP contribution in [0, 0.1) is 5.82 Å². The SMILES string of the molecule is COCCN(CCC(N)=S)c1ncc(F)cn1. The second kappa shape index (κ2) is 7.08. The van der Waals surface area contributed by atoms with Gasteiger partial charge in [-0.15, -0.1) is 0 Å². The van der Waals surface area contributed by atoms with E-state index in [9.17, 15) is 4.39 Å². The third-order valence-electron chi connectivity index (χ3n) is 2.08. The second-order valence-corrected chi connectivity index (χ2v) is 3.92. The molecular weight excluding hydrogens is 243 g/mol. The minimum atomic E-state index is -0.463. The average Bonchev–Trinajstić information content (AvgIpc) is 2.30. The Labute approximate surface area is 105 Å². The summed E-state index contributed by atoms with van der Waals surface area (Å²) in [4.78, 5) is 10.1. The van der Waals surface area contributed by atoms with Crippen molar-refractivity contribution in [2.24, 2.45) is 5.73 Å². The Morgan fingerprint density at radius 3 is 2.65 bits per heavy atom. The molecule has 0 fully saturated rings. The minimum Gasteiger partial charge on any atom is -0.393 e. The van der Waals surface area contributed by atoms with Crippen molar-refractivity contribution in [2.45, 2.75) is 6.42 Å². The number of nitrogens with zero attached hydrogens (tertiary/aromatic N) is 3. The molecule has 7 heteroatoms. The first-order valence-corrected chi connectivity index (χ1v) is 5.54. The minimum absolute atomic E-state index is 0.425. The van der Waals surface area contributed by atoms with Crippen LogP contribution >= 0.6 is 12.2 Å². The van der Waals surface area contributed by atoms with Gasteiger partial charge in [-0.2, -0.15) is 0 Å². The van der Waals surface area contributed by atoms with Gasteiger partial charge in [-0.05, 0) is 0 Å². The van der Waals surface area contributed by atoms with Gasteiger partial charge < -0.3 is 15.4 Å². The summed E-state index contributed by atoms with van der Waals surface area (Å²) in [5.41, 5.74) is 5.44. The predicted octanol–water partition coefficient (Wildman–Crippen LogP) is 0.745. The van der Waals surface area contributed by atoms with Crippen LogP contribution in [0.3, 0.4) is 0 Å². The maximum absolute atomic E-state index is 12.7. The molecule has 1 heterocycles. The van der Waals surface area contributed by atoms with Crippen molar-refractivity contribution in [1.29, 1.82) is 0 Å². The summed E-state index contributed by atoms with van der Waals surface area (Å²) in [6.07, 6.45) is 2.81. The van der Waals surface area contributed by atoms with Crippen LogP contribution in [-0.4, -0.2) is 41.8 Å². The first-order chi connectivity index (χ1) is 8.13. The van der Waals surface area contributed by atoms with Crippen molar-refractivity contribution in [3.05, 3.63) is 18.2 Å². The fourth-order valence-corrected chi connectivity index (χ4v) is 1.32. The monoisotopic (exact) mass is 258 g/mol. The molecule has 1 aromatic rings. The van der Waals surface area contributed by atoms with E-state index < -0.39 is 5.82 Å². The summed E-state index contributed by atoms with van der Waals surface area (Å²) in [6.45, 7) is 1.72. The number of anilines is 1. The molecule has 2 N–H and O–H groups in total. The molecule has 0 aliphatic rings. The lowest BCUT2D eigenvalue weighted by Crippen LogP contribution is -2.32. The van der Waals surface area contributed by atoms with E-state index in [-0.39, 0.29) is 0 Å². The van der Waals surface area contributed by atoms with Crippen molar-refractivity contribution < 1.29 is 9.13 Å². The number of ether oxygens (including phenoxy) is 1. The molecule has 0 bridgehead atoms. The molecule has 0 saturated heterocycles. The highest BCUT2D eigenvalue weighted by molar-refractivity contribution is 7.80. The molecule has 0 atom stereocenters. The van der Waals surface area contributed by atoms with Gasteiger partial charge >= 0.3 is 0 Å². The smallest absolute Gasteiger partial charge is 0.225 e. The summed E-state index contributed by atoms with van der Waals surface area (Å²) < 4.78 is 17.7. The molecule has 0 aliphatic carbocycles.